The second-order valence-corrected chi connectivity index (χ2v) is 8.20. The van der Waals surface area contributed by atoms with E-state index in [1.165, 1.54) is 27.4 Å². The molecule has 0 saturated heterocycles. The molecule has 2 heterocycles. The molecule has 150 valence electrons. The molecule has 0 fully saturated rings. The smallest absolute Gasteiger partial charge is 0.145 e. The summed E-state index contributed by atoms with van der Waals surface area (Å²) in [6.45, 7) is 0. The third-order valence-corrected chi connectivity index (χ3v) is 6.41. The SMILES string of the molecule is c1ccc(-c2ccc(-n3c4ccccc4c4c5oc6ccccc6c5ccc43)cc2)cc1. The summed E-state index contributed by atoms with van der Waals surface area (Å²) >= 11 is 0. The summed E-state index contributed by atoms with van der Waals surface area (Å²) in [5.74, 6) is 0. The van der Waals surface area contributed by atoms with E-state index in [-0.39, 0.29) is 0 Å². The van der Waals surface area contributed by atoms with Gasteiger partial charge in [-0.3, -0.25) is 0 Å². The van der Waals surface area contributed by atoms with Crippen molar-refractivity contribution in [3.05, 3.63) is 115 Å². The molecule has 0 radical (unpaired) electrons. The number of furan rings is 1. The van der Waals surface area contributed by atoms with Crippen LogP contribution in [0.2, 0.25) is 0 Å². The Balaban J connectivity index is 1.53. The lowest BCUT2D eigenvalue weighted by molar-refractivity contribution is 0.673. The minimum atomic E-state index is 0.930. The second-order valence-electron chi connectivity index (χ2n) is 8.20. The summed E-state index contributed by atoms with van der Waals surface area (Å²) in [6.07, 6.45) is 0. The zero-order valence-electron chi connectivity index (χ0n) is 17.3. The van der Waals surface area contributed by atoms with Crippen molar-refractivity contribution in [1.82, 2.24) is 4.57 Å². The van der Waals surface area contributed by atoms with Gasteiger partial charge in [0.15, 0.2) is 0 Å². The Labute approximate surface area is 184 Å². The molecule has 0 aliphatic rings. The van der Waals surface area contributed by atoms with Gasteiger partial charge in [0.2, 0.25) is 0 Å². The molecule has 0 spiro atoms. The molecule has 5 aromatic carbocycles. The first-order chi connectivity index (χ1) is 15.9. The Bertz CT molecular complexity index is 1750. The highest BCUT2D eigenvalue weighted by Gasteiger charge is 2.18. The van der Waals surface area contributed by atoms with Crippen LogP contribution < -0.4 is 0 Å². The molecule has 0 aliphatic carbocycles. The van der Waals surface area contributed by atoms with Gasteiger partial charge in [0.1, 0.15) is 11.2 Å². The van der Waals surface area contributed by atoms with E-state index in [4.69, 9.17) is 4.42 Å². The molecule has 2 nitrogen and oxygen atoms in total. The largest absolute Gasteiger partial charge is 0.455 e. The molecule has 7 aromatic rings. The van der Waals surface area contributed by atoms with Crippen LogP contribution in [0.3, 0.4) is 0 Å². The van der Waals surface area contributed by atoms with Crippen LogP contribution in [0.4, 0.5) is 0 Å². The van der Waals surface area contributed by atoms with Crippen LogP contribution in [-0.4, -0.2) is 4.57 Å². The van der Waals surface area contributed by atoms with Crippen LogP contribution in [0.15, 0.2) is 120 Å². The van der Waals surface area contributed by atoms with E-state index >= 15 is 0 Å². The lowest BCUT2D eigenvalue weighted by Crippen LogP contribution is -1.93. The van der Waals surface area contributed by atoms with Crippen molar-refractivity contribution >= 4 is 43.7 Å². The molecule has 0 saturated carbocycles. The number of benzene rings is 5. The average Bonchev–Trinajstić information content (AvgIpc) is 3.40. The number of hydrogen-bond acceptors (Lipinski definition) is 1. The van der Waals surface area contributed by atoms with Gasteiger partial charge in [-0.25, -0.2) is 0 Å². The Morgan fingerprint density at radius 1 is 0.469 bits per heavy atom. The van der Waals surface area contributed by atoms with Gasteiger partial charge in [0.25, 0.3) is 0 Å². The van der Waals surface area contributed by atoms with E-state index < -0.39 is 0 Å². The van der Waals surface area contributed by atoms with Crippen LogP contribution in [0.25, 0.3) is 60.6 Å². The van der Waals surface area contributed by atoms with Crippen LogP contribution in [-0.2, 0) is 0 Å². The normalized spacial score (nSPS) is 11.8. The van der Waals surface area contributed by atoms with E-state index in [2.05, 4.69) is 108 Å². The molecule has 0 unspecified atom stereocenters. The summed E-state index contributed by atoms with van der Waals surface area (Å²) in [5.41, 5.74) is 7.82. The number of aromatic nitrogens is 1. The predicted molar refractivity (Wildman–Crippen MR) is 133 cm³/mol. The van der Waals surface area contributed by atoms with Gasteiger partial charge in [-0.15, -0.1) is 0 Å². The van der Waals surface area contributed by atoms with Gasteiger partial charge in [0.05, 0.1) is 16.4 Å². The van der Waals surface area contributed by atoms with E-state index in [0.717, 1.165) is 33.1 Å². The van der Waals surface area contributed by atoms with Gasteiger partial charge in [-0.2, -0.15) is 0 Å². The van der Waals surface area contributed by atoms with Crippen molar-refractivity contribution in [2.45, 2.75) is 0 Å². The first-order valence-corrected chi connectivity index (χ1v) is 10.9. The second kappa shape index (κ2) is 6.60. The van der Waals surface area contributed by atoms with Crippen molar-refractivity contribution in [3.63, 3.8) is 0 Å². The number of hydrogen-bond donors (Lipinski definition) is 0. The van der Waals surface area contributed by atoms with Crippen LogP contribution >= 0.6 is 0 Å². The number of nitrogens with zero attached hydrogens (tertiary/aromatic N) is 1. The summed E-state index contributed by atoms with van der Waals surface area (Å²) in [4.78, 5) is 0. The lowest BCUT2D eigenvalue weighted by atomic mass is 10.1. The van der Waals surface area contributed by atoms with Crippen molar-refractivity contribution in [1.29, 1.82) is 0 Å². The van der Waals surface area contributed by atoms with Crippen molar-refractivity contribution in [2.24, 2.45) is 0 Å². The quantitative estimate of drug-likeness (QED) is 0.280. The topological polar surface area (TPSA) is 18.1 Å². The molecule has 32 heavy (non-hydrogen) atoms. The van der Waals surface area contributed by atoms with Crippen LogP contribution in [0, 0.1) is 0 Å². The summed E-state index contributed by atoms with van der Waals surface area (Å²) in [7, 11) is 0. The monoisotopic (exact) mass is 409 g/mol. The molecule has 0 aliphatic heterocycles. The number of para-hydroxylation sites is 2. The van der Waals surface area contributed by atoms with Crippen molar-refractivity contribution in [3.8, 4) is 16.8 Å². The maximum absolute atomic E-state index is 6.39. The van der Waals surface area contributed by atoms with Crippen molar-refractivity contribution in [2.75, 3.05) is 0 Å². The zero-order chi connectivity index (χ0) is 21.1. The lowest BCUT2D eigenvalue weighted by Gasteiger charge is -2.09. The average molecular weight is 409 g/mol. The first kappa shape index (κ1) is 17.4. The van der Waals surface area contributed by atoms with E-state index in [1.54, 1.807) is 0 Å². The Morgan fingerprint density at radius 3 is 2.00 bits per heavy atom. The molecule has 0 N–H and O–H groups in total. The van der Waals surface area contributed by atoms with Crippen molar-refractivity contribution < 1.29 is 4.42 Å². The minimum absolute atomic E-state index is 0.930. The summed E-state index contributed by atoms with van der Waals surface area (Å²) in [5, 5.41) is 4.70. The Kier molecular flexibility index (Phi) is 3.58. The standard InChI is InChI=1S/C30H19NO/c1-2-8-20(9-3-1)21-14-16-22(17-15-21)31-26-12-6-4-11-25(26)29-27(31)19-18-24-23-10-5-7-13-28(23)32-30(24)29/h1-19H. The molecule has 0 atom stereocenters. The fourth-order valence-electron chi connectivity index (χ4n) is 4.95. The first-order valence-electron chi connectivity index (χ1n) is 10.9. The molecule has 2 aromatic heterocycles. The van der Waals surface area contributed by atoms with Crippen LogP contribution in [0.1, 0.15) is 0 Å². The molecular weight excluding hydrogens is 390 g/mol. The van der Waals surface area contributed by atoms with Gasteiger partial charge >= 0.3 is 0 Å². The van der Waals surface area contributed by atoms with Gasteiger partial charge in [-0.05, 0) is 47.5 Å². The Hall–Kier alpha value is -4.30. The highest BCUT2D eigenvalue weighted by molar-refractivity contribution is 6.23. The maximum atomic E-state index is 6.39. The van der Waals surface area contributed by atoms with Gasteiger partial charge < -0.3 is 8.98 Å². The molecule has 7 rings (SSSR count). The molecule has 2 heteroatoms. The predicted octanol–water partition coefficient (Wildman–Crippen LogP) is 8.35. The fraction of sp³-hybridized carbons (Fsp3) is 0. The van der Waals surface area contributed by atoms with Crippen LogP contribution in [0.5, 0.6) is 0 Å². The highest BCUT2D eigenvalue weighted by Crippen LogP contribution is 2.40. The number of rotatable bonds is 2. The van der Waals surface area contributed by atoms with Gasteiger partial charge in [0, 0.05) is 21.8 Å². The minimum Gasteiger partial charge on any atom is -0.455 e. The molecular formula is C30H19NO. The van der Waals surface area contributed by atoms with E-state index in [0.29, 0.717) is 0 Å². The summed E-state index contributed by atoms with van der Waals surface area (Å²) in [6, 6.07) is 40.6. The van der Waals surface area contributed by atoms with Gasteiger partial charge in [-0.1, -0.05) is 78.9 Å². The van der Waals surface area contributed by atoms with E-state index in [9.17, 15) is 0 Å². The maximum Gasteiger partial charge on any atom is 0.145 e. The fourth-order valence-corrected chi connectivity index (χ4v) is 4.95. The highest BCUT2D eigenvalue weighted by atomic mass is 16.3. The third kappa shape index (κ3) is 2.41. The number of fused-ring (bicyclic) bond motifs is 7. The van der Waals surface area contributed by atoms with E-state index in [1.807, 2.05) is 12.1 Å². The molecule has 0 amide bonds. The third-order valence-electron chi connectivity index (χ3n) is 6.41. The molecule has 0 bridgehead atoms. The summed E-state index contributed by atoms with van der Waals surface area (Å²) < 4.78 is 8.73. The Morgan fingerprint density at radius 2 is 1.16 bits per heavy atom. The zero-order valence-corrected chi connectivity index (χ0v) is 17.3.